The molecule has 0 aromatic carbocycles. The number of rotatable bonds is 2. The van der Waals surface area contributed by atoms with Crippen molar-refractivity contribution in [2.24, 2.45) is 0 Å². The van der Waals surface area contributed by atoms with Crippen molar-refractivity contribution in [2.45, 2.75) is 13.8 Å². The van der Waals surface area contributed by atoms with E-state index in [-0.39, 0.29) is 0 Å². The summed E-state index contributed by atoms with van der Waals surface area (Å²) in [5, 5.41) is 3.99. The van der Waals surface area contributed by atoms with E-state index in [1.807, 2.05) is 26.0 Å². The highest BCUT2D eigenvalue weighted by atomic mass is 16.5. The van der Waals surface area contributed by atoms with Gasteiger partial charge in [-0.2, -0.15) is 4.98 Å². The minimum Gasteiger partial charge on any atom is -0.384 e. The lowest BCUT2D eigenvalue weighted by Crippen LogP contribution is -1.90. The first kappa shape index (κ1) is 12.3. The molecule has 0 bridgehead atoms. The lowest BCUT2D eigenvalue weighted by Gasteiger charge is -1.99. The van der Waals surface area contributed by atoms with Crippen LogP contribution < -0.4 is 5.73 Å². The number of nitrogens with two attached hydrogens (primary N) is 1. The number of aryl methyl sites for hydroxylation is 2. The van der Waals surface area contributed by atoms with Gasteiger partial charge >= 0.3 is 0 Å². The first-order valence-electron chi connectivity index (χ1n) is 6.13. The van der Waals surface area contributed by atoms with Gasteiger partial charge in [-0.25, -0.2) is 4.98 Å². The van der Waals surface area contributed by atoms with Crippen molar-refractivity contribution in [1.29, 1.82) is 0 Å². The minimum absolute atomic E-state index is 0.416. The molecule has 6 heteroatoms. The van der Waals surface area contributed by atoms with Crippen LogP contribution in [0.25, 0.3) is 22.8 Å². The van der Waals surface area contributed by atoms with E-state index in [0.29, 0.717) is 17.5 Å². The fraction of sp³-hybridized carbons (Fsp3) is 0.143. The second-order valence-corrected chi connectivity index (χ2v) is 4.53. The Kier molecular flexibility index (Phi) is 2.90. The molecule has 0 fully saturated rings. The van der Waals surface area contributed by atoms with E-state index < -0.39 is 0 Å². The van der Waals surface area contributed by atoms with Crippen molar-refractivity contribution < 1.29 is 4.52 Å². The van der Waals surface area contributed by atoms with Crippen molar-refractivity contribution in [3.63, 3.8) is 0 Å². The third-order valence-corrected chi connectivity index (χ3v) is 2.80. The molecule has 3 rings (SSSR count). The van der Waals surface area contributed by atoms with E-state index >= 15 is 0 Å². The summed E-state index contributed by atoms with van der Waals surface area (Å²) in [6, 6.07) is 7.33. The zero-order chi connectivity index (χ0) is 14.1. The maximum Gasteiger partial charge on any atom is 0.259 e. The molecule has 3 aromatic rings. The summed E-state index contributed by atoms with van der Waals surface area (Å²) >= 11 is 0. The number of anilines is 1. The van der Waals surface area contributed by atoms with Crippen LogP contribution >= 0.6 is 0 Å². The molecule has 3 aromatic heterocycles. The Morgan fingerprint density at radius 1 is 1.00 bits per heavy atom. The normalized spacial score (nSPS) is 10.7. The highest BCUT2D eigenvalue weighted by Crippen LogP contribution is 2.22. The predicted octanol–water partition coefficient (Wildman–Crippen LogP) is 2.39. The highest BCUT2D eigenvalue weighted by molar-refractivity contribution is 5.60. The van der Waals surface area contributed by atoms with Gasteiger partial charge in [0, 0.05) is 23.1 Å². The Bertz CT molecular complexity index is 728. The van der Waals surface area contributed by atoms with E-state index in [1.54, 1.807) is 18.3 Å². The fourth-order valence-electron chi connectivity index (χ4n) is 1.95. The molecule has 0 atom stereocenters. The van der Waals surface area contributed by atoms with Gasteiger partial charge in [0.15, 0.2) is 0 Å². The van der Waals surface area contributed by atoms with Gasteiger partial charge in [-0.3, -0.25) is 4.98 Å². The zero-order valence-electron chi connectivity index (χ0n) is 11.2. The number of nitrogen functional groups attached to an aromatic ring is 1. The van der Waals surface area contributed by atoms with Crippen LogP contribution in [-0.2, 0) is 0 Å². The molecule has 0 saturated carbocycles. The summed E-state index contributed by atoms with van der Waals surface area (Å²) in [7, 11) is 0. The van der Waals surface area contributed by atoms with Gasteiger partial charge in [-0.05, 0) is 38.1 Å². The smallest absolute Gasteiger partial charge is 0.259 e. The van der Waals surface area contributed by atoms with E-state index in [4.69, 9.17) is 10.3 Å². The topological polar surface area (TPSA) is 90.7 Å². The summed E-state index contributed by atoms with van der Waals surface area (Å²) in [5.41, 5.74) is 9.00. The average Bonchev–Trinajstić information content (AvgIpc) is 2.88. The van der Waals surface area contributed by atoms with E-state index in [9.17, 15) is 0 Å². The second kappa shape index (κ2) is 4.73. The van der Waals surface area contributed by atoms with Crippen LogP contribution in [0.4, 0.5) is 5.82 Å². The van der Waals surface area contributed by atoms with Gasteiger partial charge < -0.3 is 10.3 Å². The van der Waals surface area contributed by atoms with Crippen molar-refractivity contribution >= 4 is 5.82 Å². The molecular weight excluding hydrogens is 254 g/mol. The first-order valence-corrected chi connectivity index (χ1v) is 6.13. The molecular formula is C14H13N5O. The van der Waals surface area contributed by atoms with Crippen LogP contribution in [0.2, 0.25) is 0 Å². The number of hydrogen-bond donors (Lipinski definition) is 1. The van der Waals surface area contributed by atoms with Crippen molar-refractivity contribution in [3.05, 3.63) is 41.9 Å². The van der Waals surface area contributed by atoms with Gasteiger partial charge in [0.2, 0.25) is 5.82 Å². The third kappa shape index (κ3) is 2.35. The average molecular weight is 267 g/mol. The Balaban J connectivity index is 1.99. The van der Waals surface area contributed by atoms with E-state index in [1.165, 1.54) is 0 Å². The Morgan fingerprint density at radius 2 is 1.75 bits per heavy atom. The van der Waals surface area contributed by atoms with Crippen LogP contribution in [0.15, 0.2) is 35.0 Å². The van der Waals surface area contributed by atoms with E-state index in [2.05, 4.69) is 20.1 Å². The lowest BCUT2D eigenvalue weighted by molar-refractivity contribution is 0.432. The van der Waals surface area contributed by atoms with Crippen LogP contribution in [0.3, 0.4) is 0 Å². The molecule has 0 saturated heterocycles. The molecule has 100 valence electrons. The van der Waals surface area contributed by atoms with Crippen LogP contribution in [0.5, 0.6) is 0 Å². The molecule has 0 aliphatic rings. The van der Waals surface area contributed by atoms with E-state index in [0.717, 1.165) is 22.5 Å². The largest absolute Gasteiger partial charge is 0.384 e. The monoisotopic (exact) mass is 267 g/mol. The number of nitrogens with zero attached hydrogens (tertiary/aromatic N) is 4. The van der Waals surface area contributed by atoms with Crippen molar-refractivity contribution in [1.82, 2.24) is 20.1 Å². The maximum absolute atomic E-state index is 5.55. The summed E-state index contributed by atoms with van der Waals surface area (Å²) < 4.78 is 5.26. The molecule has 2 N–H and O–H groups in total. The summed E-state index contributed by atoms with van der Waals surface area (Å²) in [6.07, 6.45) is 1.61. The summed E-state index contributed by atoms with van der Waals surface area (Å²) in [4.78, 5) is 12.7. The predicted molar refractivity (Wildman–Crippen MR) is 74.6 cm³/mol. The standard InChI is InChI=1S/C14H13N5O/c1-8-5-11(6-9(2)17-8)13-18-14(20-19-13)10-3-4-12(15)16-7-10/h3-7H,1-2H3,(H2,15,16). The fourth-order valence-corrected chi connectivity index (χ4v) is 1.95. The lowest BCUT2D eigenvalue weighted by atomic mass is 10.2. The number of hydrogen-bond acceptors (Lipinski definition) is 6. The molecule has 6 nitrogen and oxygen atoms in total. The summed E-state index contributed by atoms with van der Waals surface area (Å²) in [5.74, 6) is 1.40. The Hall–Kier alpha value is -2.76. The van der Waals surface area contributed by atoms with Crippen molar-refractivity contribution in [2.75, 3.05) is 5.73 Å². The first-order chi connectivity index (χ1) is 9.61. The molecule has 0 radical (unpaired) electrons. The SMILES string of the molecule is Cc1cc(-c2noc(-c3ccc(N)nc3)n2)cc(C)n1. The Labute approximate surface area is 115 Å². The second-order valence-electron chi connectivity index (χ2n) is 4.53. The van der Waals surface area contributed by atoms with Crippen LogP contribution in [0, 0.1) is 13.8 Å². The molecule has 3 heterocycles. The maximum atomic E-state index is 5.55. The van der Waals surface area contributed by atoms with Gasteiger partial charge in [0.05, 0.1) is 5.56 Å². The van der Waals surface area contributed by atoms with Gasteiger partial charge in [-0.1, -0.05) is 5.16 Å². The highest BCUT2D eigenvalue weighted by Gasteiger charge is 2.11. The Morgan fingerprint density at radius 3 is 2.40 bits per heavy atom. The molecule has 0 aliphatic heterocycles. The molecule has 20 heavy (non-hydrogen) atoms. The quantitative estimate of drug-likeness (QED) is 0.766. The van der Waals surface area contributed by atoms with Crippen LogP contribution in [0.1, 0.15) is 11.4 Å². The molecule has 0 unspecified atom stereocenters. The zero-order valence-corrected chi connectivity index (χ0v) is 11.2. The summed E-state index contributed by atoms with van der Waals surface area (Å²) in [6.45, 7) is 3.86. The van der Waals surface area contributed by atoms with Gasteiger partial charge in [0.25, 0.3) is 5.89 Å². The van der Waals surface area contributed by atoms with Gasteiger partial charge in [-0.15, -0.1) is 0 Å². The molecule has 0 spiro atoms. The van der Waals surface area contributed by atoms with Gasteiger partial charge in [0.1, 0.15) is 5.82 Å². The number of aromatic nitrogens is 4. The van der Waals surface area contributed by atoms with Crippen molar-refractivity contribution in [3.8, 4) is 22.8 Å². The van der Waals surface area contributed by atoms with Crippen LogP contribution in [-0.4, -0.2) is 20.1 Å². The number of pyridine rings is 2. The molecule has 0 amide bonds. The minimum atomic E-state index is 0.416. The molecule has 0 aliphatic carbocycles. The third-order valence-electron chi connectivity index (χ3n) is 2.80.